The number of hydrogen-bond donors (Lipinski definition) is 2. The van der Waals surface area contributed by atoms with Gasteiger partial charge in [-0.3, -0.25) is 9.59 Å². The Bertz CT molecular complexity index is 2710. The molecule has 64 heavy (non-hydrogen) atoms. The van der Waals surface area contributed by atoms with Crippen LogP contribution in [0.2, 0.25) is 0 Å². The van der Waals surface area contributed by atoms with E-state index in [1.165, 1.54) is 49.9 Å². The Balaban J connectivity index is 0.000000284. The quantitative estimate of drug-likeness (QED) is 0.0616. The maximum atomic E-state index is 13.0. The maximum Gasteiger partial charge on any atom is 0.255 e. The number of benzene rings is 5. The Labute approximate surface area is 376 Å². The highest BCUT2D eigenvalue weighted by Crippen LogP contribution is 2.20. The minimum atomic E-state index is -4.27. The van der Waals surface area contributed by atoms with Crippen LogP contribution in [0.15, 0.2) is 156 Å². The Morgan fingerprint density at radius 2 is 0.859 bits per heavy atom. The summed E-state index contributed by atoms with van der Waals surface area (Å²) in [5, 5.41) is 8.16. The third kappa shape index (κ3) is 14.4. The normalized spacial score (nSPS) is 11.2. The van der Waals surface area contributed by atoms with E-state index in [9.17, 15) is 35.5 Å². The molecule has 0 fully saturated rings. The van der Waals surface area contributed by atoms with E-state index in [4.69, 9.17) is 0 Å². The van der Waals surface area contributed by atoms with Crippen molar-refractivity contribution in [1.82, 2.24) is 0 Å². The lowest BCUT2D eigenvalue weighted by molar-refractivity contribution is -0.672. The second kappa shape index (κ2) is 22.9. The van der Waals surface area contributed by atoms with Crippen LogP contribution in [0, 0.1) is 13.8 Å². The van der Waals surface area contributed by atoms with Crippen LogP contribution in [0.1, 0.15) is 84.2 Å². The van der Waals surface area contributed by atoms with Gasteiger partial charge in [0.15, 0.2) is 12.4 Å². The third-order valence-electron chi connectivity index (χ3n) is 10.3. The fraction of sp³-hybridized carbons (Fsp3) is 0.240. The zero-order chi connectivity index (χ0) is 46.3. The molecule has 2 heterocycles. The highest BCUT2D eigenvalue weighted by atomic mass is 32.2. The molecule has 334 valence electrons. The summed E-state index contributed by atoms with van der Waals surface area (Å²) in [5.41, 5.74) is 6.63. The smallest absolute Gasteiger partial charge is 0.255 e. The first-order valence-corrected chi connectivity index (χ1v) is 24.0. The number of amides is 2. The summed E-state index contributed by atoms with van der Waals surface area (Å²) in [7, 11) is -8.54. The summed E-state index contributed by atoms with van der Waals surface area (Å²) in [6.45, 7) is 10.0. The summed E-state index contributed by atoms with van der Waals surface area (Å²) in [6.07, 6.45) is 11.3. The van der Waals surface area contributed by atoms with Crippen molar-refractivity contribution in [1.29, 1.82) is 0 Å². The molecule has 0 saturated carbocycles. The van der Waals surface area contributed by atoms with Gasteiger partial charge in [-0.2, -0.15) is 9.13 Å². The second-order valence-electron chi connectivity index (χ2n) is 15.4. The molecule has 0 spiro atoms. The molecule has 7 aromatic rings. The number of aromatic nitrogens is 2. The molecule has 0 saturated heterocycles. The van der Waals surface area contributed by atoms with Crippen molar-refractivity contribution >= 4 is 65.2 Å². The van der Waals surface area contributed by atoms with Crippen LogP contribution in [0.4, 0.5) is 11.4 Å². The van der Waals surface area contributed by atoms with E-state index < -0.39 is 20.2 Å². The molecule has 14 heteroatoms. The predicted octanol–water partition coefficient (Wildman–Crippen LogP) is 9.25. The number of anilines is 2. The highest BCUT2D eigenvalue weighted by Gasteiger charge is 2.14. The number of rotatable bonds is 14. The van der Waals surface area contributed by atoms with Gasteiger partial charge in [0.2, 0.25) is 11.0 Å². The van der Waals surface area contributed by atoms with Crippen LogP contribution in [0.25, 0.3) is 21.8 Å². The third-order valence-corrected chi connectivity index (χ3v) is 12.0. The van der Waals surface area contributed by atoms with Crippen molar-refractivity contribution in [3.05, 3.63) is 168 Å². The van der Waals surface area contributed by atoms with Crippen LogP contribution in [0.3, 0.4) is 0 Å². The first kappa shape index (κ1) is 48.7. The number of pyridine rings is 2. The number of carbonyl (C=O) groups is 2. The fourth-order valence-electron chi connectivity index (χ4n) is 6.76. The van der Waals surface area contributed by atoms with E-state index in [0.29, 0.717) is 11.1 Å². The molecule has 0 unspecified atom stereocenters. The van der Waals surface area contributed by atoms with Crippen LogP contribution < -0.4 is 19.8 Å². The number of nitrogens with one attached hydrogen (secondary N) is 2. The molecule has 0 aliphatic rings. The molecule has 2 N–H and O–H groups in total. The van der Waals surface area contributed by atoms with Gasteiger partial charge >= 0.3 is 0 Å². The summed E-state index contributed by atoms with van der Waals surface area (Å²) in [6, 6.07) is 38.5. The number of fused-ring (bicyclic) bond motifs is 2. The van der Waals surface area contributed by atoms with Gasteiger partial charge in [0.25, 0.3) is 11.8 Å². The van der Waals surface area contributed by atoms with Gasteiger partial charge in [0.1, 0.15) is 33.3 Å². The largest absolute Gasteiger partial charge is 0.744 e. The Kier molecular flexibility index (Phi) is 17.4. The van der Waals surface area contributed by atoms with Crippen LogP contribution >= 0.6 is 0 Å². The number of carbonyl (C=O) groups excluding carboxylic acids is 2. The molecule has 0 aliphatic carbocycles. The highest BCUT2D eigenvalue weighted by molar-refractivity contribution is 7.86. The first-order chi connectivity index (χ1) is 30.5. The summed E-state index contributed by atoms with van der Waals surface area (Å²) in [5.74, 6) is -0.426. The van der Waals surface area contributed by atoms with Crippen molar-refractivity contribution in [3.8, 4) is 0 Å². The number of aryl methyl sites for hydroxylation is 4. The molecular formula is C50H54N4O8S2. The van der Waals surface area contributed by atoms with E-state index in [0.717, 1.165) is 70.2 Å². The van der Waals surface area contributed by atoms with E-state index in [1.807, 2.05) is 50.2 Å². The molecule has 0 bridgehead atoms. The molecule has 0 atom stereocenters. The average Bonchev–Trinajstić information content (AvgIpc) is 3.26. The Morgan fingerprint density at radius 3 is 1.19 bits per heavy atom. The van der Waals surface area contributed by atoms with Crippen LogP contribution in [0.5, 0.6) is 0 Å². The molecule has 0 radical (unpaired) electrons. The average molecular weight is 903 g/mol. The zero-order valence-electron chi connectivity index (χ0n) is 36.5. The molecule has 5 aromatic carbocycles. The molecule has 0 aliphatic heterocycles. The van der Waals surface area contributed by atoms with Crippen molar-refractivity contribution < 1.29 is 44.7 Å². The Hall–Kier alpha value is -6.32. The number of hydrogen-bond acceptors (Lipinski definition) is 8. The predicted molar refractivity (Wildman–Crippen MR) is 248 cm³/mol. The zero-order valence-corrected chi connectivity index (χ0v) is 38.1. The van der Waals surface area contributed by atoms with Gasteiger partial charge in [-0.15, -0.1) is 0 Å². The lowest BCUT2D eigenvalue weighted by Gasteiger charge is -2.09. The topological polar surface area (TPSA) is 180 Å². The van der Waals surface area contributed by atoms with Crippen molar-refractivity contribution in [2.24, 2.45) is 0 Å². The first-order valence-electron chi connectivity index (χ1n) is 21.2. The van der Waals surface area contributed by atoms with E-state index in [-0.39, 0.29) is 21.6 Å². The summed E-state index contributed by atoms with van der Waals surface area (Å²) in [4.78, 5) is 25.6. The van der Waals surface area contributed by atoms with Gasteiger partial charge in [-0.1, -0.05) is 62.1 Å². The Morgan fingerprint density at radius 1 is 0.500 bits per heavy atom. The van der Waals surface area contributed by atoms with Gasteiger partial charge in [-0.25, -0.2) is 16.8 Å². The van der Waals surface area contributed by atoms with Crippen LogP contribution in [-0.4, -0.2) is 37.8 Å². The van der Waals surface area contributed by atoms with Gasteiger partial charge in [0, 0.05) is 70.4 Å². The van der Waals surface area contributed by atoms with Gasteiger partial charge in [-0.05, 0) is 112 Å². The van der Waals surface area contributed by atoms with Crippen molar-refractivity contribution in [2.75, 3.05) is 10.6 Å². The molecule has 2 aromatic heterocycles. The van der Waals surface area contributed by atoms with Crippen molar-refractivity contribution in [2.45, 2.75) is 89.1 Å². The molecule has 7 rings (SSSR count). The van der Waals surface area contributed by atoms with E-state index >= 15 is 0 Å². The maximum absolute atomic E-state index is 13.0. The molecule has 2 amide bonds. The van der Waals surface area contributed by atoms with Crippen molar-refractivity contribution in [3.63, 3.8) is 0 Å². The monoisotopic (exact) mass is 902 g/mol. The van der Waals surface area contributed by atoms with E-state index in [2.05, 4.69) is 70.3 Å². The lowest BCUT2D eigenvalue weighted by atomic mass is 10.1. The minimum absolute atomic E-state index is 0.178. The number of unbranched alkanes of at least 4 members (excludes halogenated alkanes) is 4. The molecular weight excluding hydrogens is 849 g/mol. The van der Waals surface area contributed by atoms with E-state index in [1.54, 1.807) is 48.5 Å². The summed E-state index contributed by atoms with van der Waals surface area (Å²) >= 11 is 0. The second-order valence-corrected chi connectivity index (χ2v) is 18.1. The standard InChI is InChI=1S/C36H38N4O2.2C7H8O3S/c1-3-5-7-21-39-23-9-11-29-25-31(17-19-33(29)39)37-35(41)27-13-15-28(16-14-27)36(42)38-32-18-20-34-30(26-32)12-10-24-40(34)22-8-6-4-2;2*1-6-2-4-7(5-3-6)11(8,9)10/h9-20,23-26H,3-8,21-22H2,1-2H3;2*2-5H,1H3,(H,8,9,10). The molecule has 12 nitrogen and oxygen atoms in total. The fourth-order valence-corrected chi connectivity index (χ4v) is 7.70. The number of nitrogens with zero attached hydrogens (tertiary/aromatic N) is 2. The SMILES string of the molecule is CCCCC[n+]1cccc2cc(NC(=O)c3ccc(C(=O)Nc4ccc5c(ccc[n+]5CCCCC)c4)cc3)ccc21.Cc1ccc(S(=O)(=O)[O-])cc1.Cc1ccc(S(=O)(=O)[O-])cc1. The van der Waals surface area contributed by atoms with Gasteiger partial charge in [0.05, 0.1) is 9.79 Å². The minimum Gasteiger partial charge on any atom is -0.744 e. The summed E-state index contributed by atoms with van der Waals surface area (Å²) < 4.78 is 66.9. The van der Waals surface area contributed by atoms with Crippen LogP contribution in [-0.2, 0) is 33.3 Å². The van der Waals surface area contributed by atoms with Gasteiger partial charge < -0.3 is 19.7 Å². The lowest BCUT2D eigenvalue weighted by Crippen LogP contribution is -2.33.